The fraction of sp³-hybridized carbons (Fsp3) is 0.357. The molecule has 2 heterocycles. The van der Waals surface area contributed by atoms with E-state index in [0.717, 1.165) is 68.9 Å². The molecule has 0 unspecified atom stereocenters. The van der Waals surface area contributed by atoms with E-state index >= 15 is 0 Å². The molecule has 8 fully saturated rings. The van der Waals surface area contributed by atoms with Crippen LogP contribution in [0.2, 0.25) is 0 Å². The maximum absolute atomic E-state index is 5.26. The Morgan fingerprint density at radius 3 is 0.839 bits per heavy atom. The first-order valence-corrected chi connectivity index (χ1v) is 23.4. The molecule has 306 valence electrons. The van der Waals surface area contributed by atoms with E-state index in [1.807, 2.05) is 48.5 Å². The van der Waals surface area contributed by atoms with Crippen LogP contribution in [0.4, 0.5) is 0 Å². The van der Waals surface area contributed by atoms with E-state index in [1.165, 1.54) is 88.2 Å². The molecule has 0 N–H and O–H groups in total. The molecule has 7 aromatic rings. The molecule has 2 aromatic heterocycles. The van der Waals surface area contributed by atoms with Crippen molar-refractivity contribution in [3.8, 4) is 68.3 Å². The van der Waals surface area contributed by atoms with Gasteiger partial charge in [0.25, 0.3) is 0 Å². The molecule has 8 aliphatic rings. The average Bonchev–Trinajstić information content (AvgIpc) is 3.31. The molecule has 0 saturated heterocycles. The van der Waals surface area contributed by atoms with Gasteiger partial charge in [-0.05, 0) is 135 Å². The second kappa shape index (κ2) is 14.3. The highest BCUT2D eigenvalue weighted by Crippen LogP contribution is 2.62. The SMILES string of the molecule is c1ccc(-c2nc(-c3ccc(C45CC6CC(CC(C6)C4)C5)cc3)nc(-c3ccccc3-c3nc(-c4ccccc4)nc(-c4ccc(C56CC7CC(CC(C7)C5)C6)cc4)n3)n2)cc1. The summed E-state index contributed by atoms with van der Waals surface area (Å²) in [5, 5.41) is 0. The summed E-state index contributed by atoms with van der Waals surface area (Å²) in [4.78, 5) is 31.2. The largest absolute Gasteiger partial charge is 0.208 e. The molecule has 8 aliphatic carbocycles. The third-order valence-corrected chi connectivity index (χ3v) is 16.3. The Hall–Kier alpha value is -5.88. The molecule has 15 rings (SSSR count). The Morgan fingerprint density at radius 1 is 0.274 bits per heavy atom. The van der Waals surface area contributed by atoms with E-state index < -0.39 is 0 Å². The lowest BCUT2D eigenvalue weighted by atomic mass is 9.48. The van der Waals surface area contributed by atoms with Crippen LogP contribution in [0.5, 0.6) is 0 Å². The van der Waals surface area contributed by atoms with Gasteiger partial charge in [-0.3, -0.25) is 0 Å². The summed E-state index contributed by atoms with van der Waals surface area (Å²) in [7, 11) is 0. The van der Waals surface area contributed by atoms with Crippen molar-refractivity contribution in [1.29, 1.82) is 0 Å². The zero-order chi connectivity index (χ0) is 40.8. The number of hydrogen-bond acceptors (Lipinski definition) is 6. The fourth-order valence-corrected chi connectivity index (χ4v) is 14.4. The third kappa shape index (κ3) is 6.35. The molecule has 8 saturated carbocycles. The van der Waals surface area contributed by atoms with Gasteiger partial charge >= 0.3 is 0 Å². The number of nitrogens with zero attached hydrogens (tertiary/aromatic N) is 6. The predicted octanol–water partition coefficient (Wildman–Crippen LogP) is 13.0. The van der Waals surface area contributed by atoms with Crippen molar-refractivity contribution in [2.24, 2.45) is 35.5 Å². The normalized spacial score (nSPS) is 29.0. The van der Waals surface area contributed by atoms with Crippen LogP contribution in [-0.4, -0.2) is 29.9 Å². The minimum Gasteiger partial charge on any atom is -0.208 e. The van der Waals surface area contributed by atoms with Crippen LogP contribution in [0.3, 0.4) is 0 Å². The van der Waals surface area contributed by atoms with Crippen molar-refractivity contribution in [3.05, 3.63) is 145 Å². The quantitative estimate of drug-likeness (QED) is 0.152. The van der Waals surface area contributed by atoms with Crippen molar-refractivity contribution in [2.75, 3.05) is 0 Å². The standard InChI is InChI=1S/C56H52N6/c1-3-9-41(10-4-1)49-57-51(43-15-19-45(20-16-43)55-29-35-23-36(30-55)25-37(24-35)31-55)61-53(59-49)47-13-7-8-14-48(47)54-60-50(42-11-5-2-6-12-42)58-52(62-54)44-17-21-46(22-18-44)56-32-38-26-39(33-56)28-40(27-38)34-56/h1-22,35-40H,23-34H2. The zero-order valence-electron chi connectivity index (χ0n) is 35.3. The average molecular weight is 809 g/mol. The van der Waals surface area contributed by atoms with E-state index in [4.69, 9.17) is 29.9 Å². The molecular formula is C56H52N6. The Bertz CT molecular complexity index is 2530. The Morgan fingerprint density at radius 2 is 0.532 bits per heavy atom. The summed E-state index contributed by atoms with van der Waals surface area (Å²) in [5.74, 6) is 9.24. The van der Waals surface area contributed by atoms with Gasteiger partial charge in [0.15, 0.2) is 34.9 Å². The lowest BCUT2D eigenvalue weighted by molar-refractivity contribution is -0.00530. The highest BCUT2D eigenvalue weighted by atomic mass is 15.1. The molecule has 0 amide bonds. The summed E-state index contributed by atoms with van der Waals surface area (Å²) in [5.41, 5.74) is 9.30. The van der Waals surface area contributed by atoms with E-state index in [9.17, 15) is 0 Å². The second-order valence-electron chi connectivity index (χ2n) is 20.4. The molecule has 8 bridgehead atoms. The van der Waals surface area contributed by atoms with E-state index in [0.29, 0.717) is 45.8 Å². The fourth-order valence-electron chi connectivity index (χ4n) is 14.4. The van der Waals surface area contributed by atoms with Crippen molar-refractivity contribution >= 4 is 0 Å². The predicted molar refractivity (Wildman–Crippen MR) is 246 cm³/mol. The van der Waals surface area contributed by atoms with E-state index in [-0.39, 0.29) is 0 Å². The molecule has 0 radical (unpaired) electrons. The maximum Gasteiger partial charge on any atom is 0.164 e. The summed E-state index contributed by atoms with van der Waals surface area (Å²) in [6.07, 6.45) is 16.8. The van der Waals surface area contributed by atoms with Crippen LogP contribution < -0.4 is 0 Å². The minimum absolute atomic E-state index is 0.337. The van der Waals surface area contributed by atoms with Crippen LogP contribution in [0.1, 0.15) is 88.2 Å². The molecule has 5 aromatic carbocycles. The smallest absolute Gasteiger partial charge is 0.164 e. The molecule has 62 heavy (non-hydrogen) atoms. The number of benzene rings is 5. The van der Waals surface area contributed by atoms with Gasteiger partial charge in [0.1, 0.15) is 0 Å². The highest BCUT2D eigenvalue weighted by molar-refractivity contribution is 5.80. The molecule has 0 aliphatic heterocycles. The third-order valence-electron chi connectivity index (χ3n) is 16.3. The highest BCUT2D eigenvalue weighted by Gasteiger charge is 2.52. The van der Waals surface area contributed by atoms with Crippen LogP contribution >= 0.6 is 0 Å². The molecular weight excluding hydrogens is 757 g/mol. The zero-order valence-corrected chi connectivity index (χ0v) is 35.3. The van der Waals surface area contributed by atoms with Crippen molar-refractivity contribution in [3.63, 3.8) is 0 Å². The summed E-state index contributed by atoms with van der Waals surface area (Å²) >= 11 is 0. The van der Waals surface area contributed by atoms with Crippen LogP contribution in [0.25, 0.3) is 68.3 Å². The van der Waals surface area contributed by atoms with Crippen LogP contribution in [0.15, 0.2) is 133 Å². The van der Waals surface area contributed by atoms with Gasteiger partial charge in [-0.15, -0.1) is 0 Å². The summed E-state index contributed by atoms with van der Waals surface area (Å²) in [6, 6.07) is 47.4. The van der Waals surface area contributed by atoms with Gasteiger partial charge in [0, 0.05) is 33.4 Å². The van der Waals surface area contributed by atoms with Gasteiger partial charge in [0.05, 0.1) is 0 Å². The Labute approximate surface area is 364 Å². The topological polar surface area (TPSA) is 77.3 Å². The lowest BCUT2D eigenvalue weighted by Crippen LogP contribution is -2.48. The van der Waals surface area contributed by atoms with Gasteiger partial charge in [-0.2, -0.15) is 0 Å². The summed E-state index contributed by atoms with van der Waals surface area (Å²) in [6.45, 7) is 0. The molecule has 6 nitrogen and oxygen atoms in total. The first kappa shape index (κ1) is 36.7. The van der Waals surface area contributed by atoms with Gasteiger partial charge in [-0.25, -0.2) is 29.9 Å². The second-order valence-corrected chi connectivity index (χ2v) is 20.4. The van der Waals surface area contributed by atoms with Crippen molar-refractivity contribution in [1.82, 2.24) is 29.9 Å². The molecule has 0 atom stereocenters. The van der Waals surface area contributed by atoms with Crippen molar-refractivity contribution in [2.45, 2.75) is 87.9 Å². The van der Waals surface area contributed by atoms with Gasteiger partial charge in [0.2, 0.25) is 0 Å². The number of rotatable bonds is 8. The minimum atomic E-state index is 0.337. The first-order valence-electron chi connectivity index (χ1n) is 23.4. The van der Waals surface area contributed by atoms with Crippen LogP contribution in [-0.2, 0) is 10.8 Å². The molecule has 0 spiro atoms. The van der Waals surface area contributed by atoms with E-state index in [2.05, 4.69) is 84.9 Å². The maximum atomic E-state index is 5.26. The lowest BCUT2D eigenvalue weighted by Gasteiger charge is -2.57. The first-order chi connectivity index (χ1) is 30.5. The molecule has 6 heteroatoms. The Balaban J connectivity index is 0.897. The Kier molecular flexibility index (Phi) is 8.50. The van der Waals surface area contributed by atoms with Gasteiger partial charge < -0.3 is 0 Å². The van der Waals surface area contributed by atoms with Crippen LogP contribution in [0, 0.1) is 35.5 Å². The van der Waals surface area contributed by atoms with Crippen molar-refractivity contribution < 1.29 is 0 Å². The van der Waals surface area contributed by atoms with E-state index in [1.54, 1.807) is 0 Å². The monoisotopic (exact) mass is 808 g/mol. The number of aromatic nitrogens is 6. The number of hydrogen-bond donors (Lipinski definition) is 0. The summed E-state index contributed by atoms with van der Waals surface area (Å²) < 4.78 is 0. The van der Waals surface area contributed by atoms with Gasteiger partial charge in [-0.1, -0.05) is 133 Å².